The number of quaternary nitrogens is 1. The first-order valence-corrected chi connectivity index (χ1v) is 5.58. The molecule has 1 heterocycles. The number of hydrogen-bond donors (Lipinski definition) is 0. The summed E-state index contributed by atoms with van der Waals surface area (Å²) in [5.74, 6) is 0.350. The van der Waals surface area contributed by atoms with Crippen LogP contribution < -0.4 is 0 Å². The minimum absolute atomic E-state index is 0.0100. The van der Waals surface area contributed by atoms with Crippen LogP contribution in [-0.4, -0.2) is 37.8 Å². The van der Waals surface area contributed by atoms with Crippen LogP contribution in [-0.2, 0) is 9.24 Å². The molecule has 1 fully saturated rings. The van der Waals surface area contributed by atoms with Crippen molar-refractivity contribution in [3.63, 3.8) is 0 Å². The highest BCUT2D eigenvalue weighted by molar-refractivity contribution is 8.09. The standard InChI is InChI=1S/C4H8Cl2NO2S/c1-7(10(6,8)9)3-4(7)2-5/h4H,2-3H2,1H3/q+1. The molecule has 0 spiro atoms. The molecule has 0 bridgehead atoms. The molecular weight excluding hydrogens is 197 g/mol. The molecule has 1 aliphatic rings. The van der Waals surface area contributed by atoms with Crippen LogP contribution in [0.25, 0.3) is 0 Å². The number of rotatable bonds is 2. The van der Waals surface area contributed by atoms with Gasteiger partial charge in [-0.1, -0.05) is 0 Å². The second kappa shape index (κ2) is 2.24. The summed E-state index contributed by atoms with van der Waals surface area (Å²) in [5.41, 5.74) is 0. The summed E-state index contributed by atoms with van der Waals surface area (Å²) in [6.45, 7) is 0.537. The third-order valence-corrected chi connectivity index (χ3v) is 4.63. The fraction of sp³-hybridized carbons (Fsp3) is 1.00. The molecule has 0 amide bonds. The highest BCUT2D eigenvalue weighted by Gasteiger charge is 2.60. The average molecular weight is 205 g/mol. The number of halogens is 2. The molecule has 0 aliphatic carbocycles. The van der Waals surface area contributed by atoms with E-state index in [2.05, 4.69) is 0 Å². The first kappa shape index (κ1) is 8.59. The number of hydrogen-bond acceptors (Lipinski definition) is 2. The van der Waals surface area contributed by atoms with Gasteiger partial charge in [0.05, 0.1) is 23.6 Å². The molecule has 10 heavy (non-hydrogen) atoms. The van der Waals surface area contributed by atoms with Gasteiger partial charge in [0.2, 0.25) is 0 Å². The van der Waals surface area contributed by atoms with Crippen LogP contribution in [0.15, 0.2) is 0 Å². The summed E-state index contributed by atoms with van der Waals surface area (Å²) in [5, 5.41) is 0. The van der Waals surface area contributed by atoms with Crippen molar-refractivity contribution in [3.8, 4) is 0 Å². The van der Waals surface area contributed by atoms with Gasteiger partial charge in [0.1, 0.15) is 6.54 Å². The van der Waals surface area contributed by atoms with Crippen molar-refractivity contribution >= 4 is 31.5 Å². The molecule has 1 rings (SSSR count). The topological polar surface area (TPSA) is 34.1 Å². The molecular formula is C4H8Cl2NO2S+. The van der Waals surface area contributed by atoms with Gasteiger partial charge in [-0.2, -0.15) is 12.3 Å². The van der Waals surface area contributed by atoms with Crippen LogP contribution in [0.4, 0.5) is 0 Å². The van der Waals surface area contributed by atoms with E-state index in [1.54, 1.807) is 7.05 Å². The lowest BCUT2D eigenvalue weighted by molar-refractivity contribution is -0.647. The summed E-state index contributed by atoms with van der Waals surface area (Å²) >= 11 is 5.45. The van der Waals surface area contributed by atoms with E-state index in [4.69, 9.17) is 22.3 Å². The van der Waals surface area contributed by atoms with Crippen LogP contribution in [0.5, 0.6) is 0 Å². The normalized spacial score (nSPS) is 39.7. The average Bonchev–Trinajstić information content (AvgIpc) is 2.41. The molecule has 1 saturated heterocycles. The van der Waals surface area contributed by atoms with Gasteiger partial charge in [-0.15, -0.1) is 11.6 Å². The summed E-state index contributed by atoms with van der Waals surface area (Å²) < 4.78 is 21.4. The molecule has 0 radical (unpaired) electrons. The zero-order valence-electron chi connectivity index (χ0n) is 5.42. The second-order valence-corrected chi connectivity index (χ2v) is 5.71. The van der Waals surface area contributed by atoms with E-state index >= 15 is 0 Å². The molecule has 2 atom stereocenters. The second-order valence-electron chi connectivity index (χ2n) is 2.58. The molecule has 0 aromatic carbocycles. The van der Waals surface area contributed by atoms with Crippen molar-refractivity contribution in [2.24, 2.45) is 0 Å². The molecule has 0 N–H and O–H groups in total. The van der Waals surface area contributed by atoms with Crippen LogP contribution in [0, 0.1) is 0 Å². The number of likely N-dealkylation sites (N-methyl/N-ethyl adjacent to an activating group) is 1. The van der Waals surface area contributed by atoms with E-state index in [1.807, 2.05) is 0 Å². The van der Waals surface area contributed by atoms with E-state index in [0.717, 1.165) is 0 Å². The van der Waals surface area contributed by atoms with Gasteiger partial charge in [0.15, 0.2) is 6.04 Å². The quantitative estimate of drug-likeness (QED) is 0.285. The molecule has 3 nitrogen and oxygen atoms in total. The Hall–Kier alpha value is 0.490. The fourth-order valence-electron chi connectivity index (χ4n) is 0.833. The Bertz CT molecular complexity index is 240. The van der Waals surface area contributed by atoms with Gasteiger partial charge in [0.25, 0.3) is 0 Å². The van der Waals surface area contributed by atoms with Gasteiger partial charge >= 0.3 is 9.24 Å². The lowest BCUT2D eigenvalue weighted by atomic mass is 10.6. The molecule has 6 heteroatoms. The fourth-order valence-corrected chi connectivity index (χ4v) is 2.61. The summed E-state index contributed by atoms with van der Waals surface area (Å²) in [6.07, 6.45) is 0. The molecule has 1 aliphatic heterocycles. The zero-order chi connectivity index (χ0) is 7.99. The van der Waals surface area contributed by atoms with Crippen LogP contribution in [0.2, 0.25) is 0 Å². The predicted octanol–water partition coefficient (Wildman–Crippen LogP) is 0.538. The first-order chi connectivity index (χ1) is 4.42. The Morgan fingerprint density at radius 1 is 1.70 bits per heavy atom. The Morgan fingerprint density at radius 3 is 2.30 bits per heavy atom. The molecule has 60 valence electrons. The third-order valence-electron chi connectivity index (χ3n) is 1.89. The van der Waals surface area contributed by atoms with E-state index in [0.29, 0.717) is 12.4 Å². The number of alkyl halides is 1. The van der Waals surface area contributed by atoms with Gasteiger partial charge in [-0.25, -0.2) is 0 Å². The largest absolute Gasteiger partial charge is 0.388 e. The minimum Gasteiger partial charge on any atom is -0.194 e. The highest BCUT2D eigenvalue weighted by atomic mass is 35.7. The monoisotopic (exact) mass is 204 g/mol. The Balaban J connectivity index is 2.78. The zero-order valence-corrected chi connectivity index (χ0v) is 7.75. The van der Waals surface area contributed by atoms with Crippen LogP contribution in [0.1, 0.15) is 0 Å². The predicted molar refractivity (Wildman–Crippen MR) is 40.3 cm³/mol. The van der Waals surface area contributed by atoms with E-state index in [1.165, 1.54) is 0 Å². The minimum atomic E-state index is -3.47. The summed E-state index contributed by atoms with van der Waals surface area (Å²) in [6, 6.07) is -0.0100. The smallest absolute Gasteiger partial charge is 0.194 e. The molecule has 0 saturated carbocycles. The summed E-state index contributed by atoms with van der Waals surface area (Å²) in [7, 11) is 3.23. The molecule has 0 aromatic heterocycles. The first-order valence-electron chi connectivity index (χ1n) is 2.78. The van der Waals surface area contributed by atoms with Crippen molar-refractivity contribution in [2.45, 2.75) is 6.04 Å². The Kier molecular flexibility index (Phi) is 1.92. The van der Waals surface area contributed by atoms with Crippen molar-refractivity contribution in [1.29, 1.82) is 0 Å². The third kappa shape index (κ3) is 1.13. The maximum absolute atomic E-state index is 10.8. The van der Waals surface area contributed by atoms with Crippen molar-refractivity contribution < 1.29 is 12.3 Å². The SMILES string of the molecule is C[N+]1(S(=O)(=O)Cl)CC1CCl. The van der Waals surface area contributed by atoms with Crippen molar-refractivity contribution in [3.05, 3.63) is 0 Å². The van der Waals surface area contributed by atoms with Gasteiger partial charge in [0, 0.05) is 0 Å². The van der Waals surface area contributed by atoms with Crippen LogP contribution in [0.3, 0.4) is 0 Å². The maximum Gasteiger partial charge on any atom is 0.388 e. The van der Waals surface area contributed by atoms with Gasteiger partial charge in [-0.3, -0.25) is 0 Å². The molecule has 0 aromatic rings. The van der Waals surface area contributed by atoms with E-state index in [9.17, 15) is 8.42 Å². The molecule has 2 unspecified atom stereocenters. The van der Waals surface area contributed by atoms with Crippen molar-refractivity contribution in [1.82, 2.24) is 0 Å². The van der Waals surface area contributed by atoms with E-state index < -0.39 is 9.24 Å². The number of nitrogens with zero attached hydrogens (tertiary/aromatic N) is 1. The Morgan fingerprint density at radius 2 is 2.20 bits per heavy atom. The highest BCUT2D eigenvalue weighted by Crippen LogP contribution is 2.35. The van der Waals surface area contributed by atoms with Crippen molar-refractivity contribution in [2.75, 3.05) is 19.5 Å². The summed E-state index contributed by atoms with van der Waals surface area (Å²) in [4.78, 5) is 0. The lowest BCUT2D eigenvalue weighted by Gasteiger charge is -2.06. The van der Waals surface area contributed by atoms with Gasteiger partial charge in [-0.05, 0) is 0 Å². The lowest BCUT2D eigenvalue weighted by Crippen LogP contribution is -2.27. The maximum atomic E-state index is 10.8. The van der Waals surface area contributed by atoms with Gasteiger partial charge < -0.3 is 0 Å². The van der Waals surface area contributed by atoms with E-state index in [-0.39, 0.29) is 9.93 Å². The van der Waals surface area contributed by atoms with Crippen LogP contribution >= 0.6 is 22.3 Å². The Labute approximate surface area is 69.7 Å².